The molecule has 1 unspecified atom stereocenters. The second kappa shape index (κ2) is 8.42. The molecule has 3 heterocycles. The molecule has 0 amide bonds. The number of aromatic nitrogens is 3. The van der Waals surface area contributed by atoms with Gasteiger partial charge in [-0.2, -0.15) is 0 Å². The van der Waals surface area contributed by atoms with Gasteiger partial charge in [0.2, 0.25) is 5.88 Å². The van der Waals surface area contributed by atoms with Gasteiger partial charge in [0.05, 0.1) is 35.0 Å². The Hall–Kier alpha value is -3.41. The van der Waals surface area contributed by atoms with Gasteiger partial charge < -0.3 is 15.0 Å². The number of hydrogen-bond acceptors (Lipinski definition) is 9. The van der Waals surface area contributed by atoms with Crippen molar-refractivity contribution in [3.63, 3.8) is 0 Å². The summed E-state index contributed by atoms with van der Waals surface area (Å²) >= 11 is 0. The largest absolute Gasteiger partial charge is 0.480 e. The van der Waals surface area contributed by atoms with Gasteiger partial charge in [0, 0.05) is 24.2 Å². The summed E-state index contributed by atoms with van der Waals surface area (Å²) in [5, 5.41) is 3.99. The van der Waals surface area contributed by atoms with Crippen LogP contribution < -0.4 is 10.5 Å². The zero-order valence-corrected chi connectivity index (χ0v) is 19.9. The van der Waals surface area contributed by atoms with E-state index in [0.717, 1.165) is 0 Å². The fraction of sp³-hybridized carbons (Fsp3) is 0.364. The third-order valence-corrected chi connectivity index (χ3v) is 9.32. The minimum Gasteiger partial charge on any atom is -0.480 e. The molecule has 4 rings (SSSR count). The van der Waals surface area contributed by atoms with Crippen molar-refractivity contribution in [1.82, 2.24) is 15.1 Å². The highest BCUT2D eigenvalue weighted by Crippen LogP contribution is 2.41. The highest BCUT2D eigenvalue weighted by atomic mass is 32.2. The van der Waals surface area contributed by atoms with E-state index in [-0.39, 0.29) is 22.9 Å². The number of nitrogens with two attached hydrogens (primary N) is 1. The zero-order valence-electron chi connectivity index (χ0n) is 19.1. The zero-order chi connectivity index (χ0) is 24.7. The van der Waals surface area contributed by atoms with Crippen molar-refractivity contribution in [3.8, 4) is 28.6 Å². The first kappa shape index (κ1) is 23.7. The van der Waals surface area contributed by atoms with Gasteiger partial charge in [-0.05, 0) is 32.0 Å². The minimum absolute atomic E-state index is 0.0446. The molecule has 0 radical (unpaired) electrons. The van der Waals surface area contributed by atoms with Crippen molar-refractivity contribution in [2.24, 2.45) is 15.1 Å². The lowest BCUT2D eigenvalue weighted by molar-refractivity contribution is 0.326. The summed E-state index contributed by atoms with van der Waals surface area (Å²) in [7, 11) is -0.190. The van der Waals surface area contributed by atoms with Crippen molar-refractivity contribution >= 4 is 15.6 Å². The van der Waals surface area contributed by atoms with Crippen molar-refractivity contribution in [1.29, 1.82) is 0 Å². The second-order valence-electron chi connectivity index (χ2n) is 8.35. The SMILES string of the molecule is CN=S1(=O)C[C@@](CF)(c2cc(-c3cc(-c4cnc(OC)cn4)no3)ccc2F)N=C(N)C1(C)C. The van der Waals surface area contributed by atoms with Crippen molar-refractivity contribution in [2.45, 2.75) is 24.1 Å². The van der Waals surface area contributed by atoms with Crippen molar-refractivity contribution in [3.05, 3.63) is 48.0 Å². The van der Waals surface area contributed by atoms with Gasteiger partial charge in [-0.1, -0.05) is 5.16 Å². The normalized spacial score (nSPS) is 23.9. The van der Waals surface area contributed by atoms with E-state index >= 15 is 4.39 Å². The monoisotopic (exact) mass is 490 g/mol. The van der Waals surface area contributed by atoms with E-state index in [2.05, 4.69) is 24.5 Å². The lowest BCUT2D eigenvalue weighted by atomic mass is 9.90. The average Bonchev–Trinajstić information content (AvgIpc) is 3.33. The molecule has 1 aromatic carbocycles. The molecule has 1 aliphatic heterocycles. The standard InChI is InChI=1S/C22H24F2N6O3S/c1-21(2)20(25)29-22(11-23,12-34(21,31)26-3)14-7-13(5-6-15(14)24)18-8-16(30-33-18)17-9-28-19(32-4)10-27-17/h5-10H,11-12H2,1-4H3,(H2,25,29)/t22-,34?/m0/s1. The van der Waals surface area contributed by atoms with Crippen molar-refractivity contribution < 1.29 is 22.2 Å². The summed E-state index contributed by atoms with van der Waals surface area (Å²) in [5.74, 6) is -0.438. The highest BCUT2D eigenvalue weighted by Gasteiger charge is 2.50. The molecule has 9 nitrogen and oxygen atoms in total. The van der Waals surface area contributed by atoms with Gasteiger partial charge in [-0.15, -0.1) is 0 Å². The fourth-order valence-corrected chi connectivity index (χ4v) is 6.02. The summed E-state index contributed by atoms with van der Waals surface area (Å²) in [5.41, 5.74) is 5.48. The van der Waals surface area contributed by atoms with E-state index in [0.29, 0.717) is 22.8 Å². The van der Waals surface area contributed by atoms with E-state index < -0.39 is 32.5 Å². The summed E-state index contributed by atoms with van der Waals surface area (Å²) in [6.07, 6.45) is 2.91. The summed E-state index contributed by atoms with van der Waals surface area (Å²) in [6.45, 7) is 2.15. The number of benzene rings is 1. The number of rotatable bonds is 5. The van der Waals surface area contributed by atoms with E-state index in [9.17, 15) is 8.60 Å². The lowest BCUT2D eigenvalue weighted by Gasteiger charge is -2.41. The molecule has 12 heteroatoms. The Morgan fingerprint density at radius 1 is 1.24 bits per heavy atom. The molecule has 0 saturated carbocycles. The Morgan fingerprint density at radius 3 is 2.62 bits per heavy atom. The molecule has 0 fully saturated rings. The molecular formula is C22H24F2N6O3S. The maximum absolute atomic E-state index is 15.0. The van der Waals surface area contributed by atoms with E-state index in [1.54, 1.807) is 19.9 Å². The maximum atomic E-state index is 15.0. The van der Waals surface area contributed by atoms with E-state index in [4.69, 9.17) is 15.0 Å². The van der Waals surface area contributed by atoms with Crippen LogP contribution in [0.15, 0.2) is 50.5 Å². The molecule has 180 valence electrons. The number of ether oxygens (including phenoxy) is 1. The molecule has 1 aliphatic rings. The first-order valence-electron chi connectivity index (χ1n) is 10.3. The first-order valence-corrected chi connectivity index (χ1v) is 12.0. The van der Waals surface area contributed by atoms with Crippen LogP contribution in [0, 0.1) is 5.82 Å². The maximum Gasteiger partial charge on any atom is 0.232 e. The Kier molecular flexibility index (Phi) is 5.88. The van der Waals surface area contributed by atoms with Gasteiger partial charge >= 0.3 is 0 Å². The van der Waals surface area contributed by atoms with Crippen LogP contribution in [0.25, 0.3) is 22.7 Å². The Morgan fingerprint density at radius 2 is 2.00 bits per heavy atom. The quantitative estimate of drug-likeness (QED) is 0.581. The van der Waals surface area contributed by atoms with Crippen LogP contribution in [-0.2, 0) is 15.3 Å². The average molecular weight is 491 g/mol. The molecule has 0 aliphatic carbocycles. The minimum atomic E-state index is -3.05. The van der Waals surface area contributed by atoms with Crippen LogP contribution in [0.2, 0.25) is 0 Å². The summed E-state index contributed by atoms with van der Waals surface area (Å²) in [6, 6.07) is 5.65. The number of methoxy groups -OCH3 is 1. The number of halogens is 2. The molecule has 34 heavy (non-hydrogen) atoms. The van der Waals surface area contributed by atoms with E-state index in [1.807, 2.05) is 0 Å². The Bertz CT molecular complexity index is 1380. The second-order valence-corrected chi connectivity index (χ2v) is 11.3. The number of hydrogen-bond donors (Lipinski definition) is 1. The van der Waals surface area contributed by atoms with Gasteiger partial charge in [0.25, 0.3) is 0 Å². The van der Waals surface area contributed by atoms with Gasteiger partial charge in [0.1, 0.15) is 40.0 Å². The van der Waals surface area contributed by atoms with Gasteiger partial charge in [-0.3, -0.25) is 4.99 Å². The topological polar surface area (TPSA) is 129 Å². The highest BCUT2D eigenvalue weighted by molar-refractivity contribution is 7.95. The van der Waals surface area contributed by atoms with Crippen LogP contribution in [0.1, 0.15) is 19.4 Å². The third-order valence-electron chi connectivity index (χ3n) is 6.06. The molecule has 0 bridgehead atoms. The molecule has 2 N–H and O–H groups in total. The summed E-state index contributed by atoms with van der Waals surface area (Å²) in [4.78, 5) is 12.6. The smallest absolute Gasteiger partial charge is 0.232 e. The molecule has 2 atom stereocenters. The number of amidine groups is 1. The Labute approximate surface area is 195 Å². The molecular weight excluding hydrogens is 466 g/mol. The fourth-order valence-electron chi connectivity index (χ4n) is 3.76. The van der Waals surface area contributed by atoms with Crippen LogP contribution >= 0.6 is 0 Å². The number of nitrogens with zero attached hydrogens (tertiary/aromatic N) is 5. The van der Waals surface area contributed by atoms with Crippen LogP contribution in [0.3, 0.4) is 0 Å². The number of alkyl halides is 1. The van der Waals surface area contributed by atoms with Crippen LogP contribution in [0.5, 0.6) is 5.88 Å². The third kappa shape index (κ3) is 3.71. The first-order chi connectivity index (χ1) is 16.1. The van der Waals surface area contributed by atoms with Crippen LogP contribution in [0.4, 0.5) is 8.78 Å². The predicted octanol–water partition coefficient (Wildman–Crippen LogP) is 3.36. The summed E-state index contributed by atoms with van der Waals surface area (Å²) < 4.78 is 56.6. The molecule has 0 saturated heterocycles. The van der Waals surface area contributed by atoms with Gasteiger partial charge in [0.15, 0.2) is 5.76 Å². The van der Waals surface area contributed by atoms with Gasteiger partial charge in [-0.25, -0.2) is 27.3 Å². The molecule has 0 spiro atoms. The number of aliphatic imine (C=N–C) groups is 1. The van der Waals surface area contributed by atoms with E-state index in [1.165, 1.54) is 44.8 Å². The molecule has 2 aromatic heterocycles. The predicted molar refractivity (Wildman–Crippen MR) is 124 cm³/mol. The lowest BCUT2D eigenvalue weighted by Crippen LogP contribution is -2.56. The van der Waals surface area contributed by atoms with Crippen molar-refractivity contribution in [2.75, 3.05) is 26.6 Å². The Balaban J connectivity index is 1.79. The molecule has 3 aromatic rings. The van der Waals surface area contributed by atoms with Crippen LogP contribution in [-0.4, -0.2) is 56.5 Å².